The Labute approximate surface area is 147 Å². The third-order valence-corrected chi connectivity index (χ3v) is 4.18. The number of hydrogen-bond donors (Lipinski definition) is 4. The van der Waals surface area contributed by atoms with Gasteiger partial charge in [0.25, 0.3) is 0 Å². The highest BCUT2D eigenvalue weighted by Crippen LogP contribution is 2.44. The molecule has 0 aromatic heterocycles. The Morgan fingerprint density at radius 2 is 1.58 bits per heavy atom. The predicted octanol–water partition coefficient (Wildman–Crippen LogP) is 3.92. The van der Waals surface area contributed by atoms with E-state index >= 15 is 0 Å². The van der Waals surface area contributed by atoms with Crippen LogP contribution in [0.4, 0.5) is 13.2 Å². The van der Waals surface area contributed by atoms with Crippen molar-refractivity contribution < 1.29 is 23.4 Å². The van der Waals surface area contributed by atoms with Crippen molar-refractivity contribution >= 4 is 5.57 Å². The smallest absolute Gasteiger partial charge is 0.417 e. The second-order valence-electron chi connectivity index (χ2n) is 6.21. The molecule has 3 rings (SSSR count). The number of nitrogens with two attached hydrogens (primary N) is 2. The van der Waals surface area contributed by atoms with Crippen LogP contribution in [0.5, 0.6) is 5.75 Å². The van der Waals surface area contributed by atoms with Gasteiger partial charge in [-0.2, -0.15) is 13.2 Å². The van der Waals surface area contributed by atoms with E-state index in [4.69, 9.17) is 11.5 Å². The number of phenolic OH excluding ortho intramolecular Hbond substituents is 1. The Hall–Kier alpha value is -2.77. The molecule has 7 heteroatoms. The zero-order valence-corrected chi connectivity index (χ0v) is 13.6. The van der Waals surface area contributed by atoms with Gasteiger partial charge in [-0.3, -0.25) is 0 Å². The first kappa shape index (κ1) is 18.0. The van der Waals surface area contributed by atoms with Crippen molar-refractivity contribution in [2.75, 3.05) is 0 Å². The number of phenols is 1. The Morgan fingerprint density at radius 1 is 0.923 bits per heavy atom. The van der Waals surface area contributed by atoms with Crippen LogP contribution in [0.15, 0.2) is 60.4 Å². The van der Waals surface area contributed by atoms with Crippen molar-refractivity contribution in [1.29, 1.82) is 0 Å². The summed E-state index contributed by atoms with van der Waals surface area (Å²) in [7, 11) is 0. The van der Waals surface area contributed by atoms with Crippen LogP contribution in [0.2, 0.25) is 0 Å². The second kappa shape index (κ2) is 6.19. The van der Waals surface area contributed by atoms with Crippen molar-refractivity contribution in [3.8, 4) is 16.9 Å². The van der Waals surface area contributed by atoms with E-state index in [-0.39, 0.29) is 40.2 Å². The molecule has 0 fully saturated rings. The fourth-order valence-electron chi connectivity index (χ4n) is 3.02. The van der Waals surface area contributed by atoms with Crippen molar-refractivity contribution in [2.45, 2.75) is 18.3 Å². The van der Waals surface area contributed by atoms with E-state index in [0.29, 0.717) is 0 Å². The van der Waals surface area contributed by atoms with Crippen LogP contribution in [0.1, 0.15) is 17.5 Å². The zero-order valence-electron chi connectivity index (χ0n) is 13.6. The van der Waals surface area contributed by atoms with Crippen LogP contribution in [-0.4, -0.2) is 15.9 Å². The van der Waals surface area contributed by atoms with Crippen molar-refractivity contribution in [3.63, 3.8) is 0 Å². The molecule has 2 aromatic rings. The van der Waals surface area contributed by atoms with Crippen LogP contribution in [0.25, 0.3) is 16.7 Å². The van der Waals surface area contributed by atoms with Gasteiger partial charge < -0.3 is 21.7 Å². The largest absolute Gasteiger partial charge is 0.508 e. The van der Waals surface area contributed by atoms with Gasteiger partial charge in [0.1, 0.15) is 11.5 Å². The summed E-state index contributed by atoms with van der Waals surface area (Å²) < 4.78 is 40.2. The summed E-state index contributed by atoms with van der Waals surface area (Å²) in [5.41, 5.74) is 9.75. The third-order valence-electron chi connectivity index (χ3n) is 4.18. The topological polar surface area (TPSA) is 92.5 Å². The number of hydrogen-bond acceptors (Lipinski definition) is 4. The minimum absolute atomic E-state index is 0.0912. The molecule has 0 aliphatic heterocycles. The van der Waals surface area contributed by atoms with E-state index in [1.54, 1.807) is 0 Å². The van der Waals surface area contributed by atoms with Gasteiger partial charge in [0, 0.05) is 17.6 Å². The van der Waals surface area contributed by atoms with E-state index < -0.39 is 17.4 Å². The lowest BCUT2D eigenvalue weighted by Gasteiger charge is -2.26. The molecule has 2 aromatic carbocycles. The Kier molecular flexibility index (Phi) is 4.29. The molecule has 0 radical (unpaired) electrons. The van der Waals surface area contributed by atoms with E-state index in [1.165, 1.54) is 48.6 Å². The molecule has 0 saturated carbocycles. The maximum Gasteiger partial charge on any atom is 0.417 e. The van der Waals surface area contributed by atoms with Crippen LogP contribution >= 0.6 is 0 Å². The molecule has 136 valence electrons. The number of aliphatic hydroxyl groups is 1. The normalized spacial score (nSPS) is 16.8. The SMILES string of the molecule is NC1(N)C=C(O)C(c2c(O)cccc2-c2ccccc2C(F)(F)F)=CC1. The highest BCUT2D eigenvalue weighted by molar-refractivity contribution is 5.91. The van der Waals surface area contributed by atoms with Crippen LogP contribution < -0.4 is 11.5 Å². The summed E-state index contributed by atoms with van der Waals surface area (Å²) in [5, 5.41) is 20.6. The predicted molar refractivity (Wildman–Crippen MR) is 93.0 cm³/mol. The quantitative estimate of drug-likeness (QED) is 0.609. The minimum Gasteiger partial charge on any atom is -0.508 e. The first-order chi connectivity index (χ1) is 12.1. The number of aliphatic hydroxyl groups excluding tert-OH is 1. The highest BCUT2D eigenvalue weighted by Gasteiger charge is 2.34. The monoisotopic (exact) mass is 362 g/mol. The Morgan fingerprint density at radius 3 is 2.23 bits per heavy atom. The molecule has 4 nitrogen and oxygen atoms in total. The average Bonchev–Trinajstić information content (AvgIpc) is 2.54. The maximum atomic E-state index is 13.4. The van der Waals surface area contributed by atoms with Crippen molar-refractivity contribution in [3.05, 3.63) is 71.5 Å². The summed E-state index contributed by atoms with van der Waals surface area (Å²) >= 11 is 0. The molecule has 0 saturated heterocycles. The van der Waals surface area contributed by atoms with E-state index in [9.17, 15) is 23.4 Å². The average molecular weight is 362 g/mol. The van der Waals surface area contributed by atoms with Gasteiger partial charge in [-0.1, -0.05) is 36.4 Å². The fourth-order valence-corrected chi connectivity index (χ4v) is 3.02. The van der Waals surface area contributed by atoms with Gasteiger partial charge in [0.2, 0.25) is 0 Å². The first-order valence-corrected chi connectivity index (χ1v) is 7.79. The number of allylic oxidation sites excluding steroid dienone is 1. The number of rotatable bonds is 2. The van der Waals surface area contributed by atoms with Gasteiger partial charge in [0.15, 0.2) is 0 Å². The number of halogens is 3. The highest BCUT2D eigenvalue weighted by atomic mass is 19.4. The summed E-state index contributed by atoms with van der Waals surface area (Å²) in [5.74, 6) is -0.555. The molecule has 0 atom stereocenters. The minimum atomic E-state index is -4.57. The number of alkyl halides is 3. The molecule has 0 bridgehead atoms. The van der Waals surface area contributed by atoms with Gasteiger partial charge in [-0.25, -0.2) is 0 Å². The van der Waals surface area contributed by atoms with Crippen molar-refractivity contribution in [1.82, 2.24) is 0 Å². The summed E-state index contributed by atoms with van der Waals surface area (Å²) in [4.78, 5) is 0. The Balaban J connectivity index is 2.24. The Bertz CT molecular complexity index is 915. The van der Waals surface area contributed by atoms with E-state index in [2.05, 4.69) is 0 Å². The standard InChI is InChI=1S/C19H17F3N2O2/c20-19(21,22)14-6-2-1-4-11(14)12-5-3-7-15(25)17(12)13-8-9-18(23,24)10-16(13)26/h1-8,10,25-26H,9,23-24H2. The molecule has 26 heavy (non-hydrogen) atoms. The maximum absolute atomic E-state index is 13.4. The van der Waals surface area contributed by atoms with Crippen molar-refractivity contribution in [2.24, 2.45) is 11.5 Å². The van der Waals surface area contributed by atoms with Gasteiger partial charge in [-0.15, -0.1) is 0 Å². The lowest BCUT2D eigenvalue weighted by atomic mass is 9.86. The molecular weight excluding hydrogens is 345 g/mol. The summed E-state index contributed by atoms with van der Waals surface area (Å²) in [6.45, 7) is 0. The van der Waals surface area contributed by atoms with Gasteiger partial charge >= 0.3 is 6.18 Å². The fraction of sp³-hybridized carbons (Fsp3) is 0.158. The van der Waals surface area contributed by atoms with Crippen LogP contribution in [0, 0.1) is 0 Å². The molecular formula is C19H17F3N2O2. The summed E-state index contributed by atoms with van der Waals surface area (Å²) in [6.07, 6.45) is -1.69. The molecule has 0 spiro atoms. The first-order valence-electron chi connectivity index (χ1n) is 7.79. The number of aromatic hydroxyl groups is 1. The zero-order chi connectivity index (χ0) is 19.1. The lowest BCUT2D eigenvalue weighted by Crippen LogP contribution is -2.48. The van der Waals surface area contributed by atoms with Crippen LogP contribution in [-0.2, 0) is 6.18 Å². The molecule has 0 heterocycles. The molecule has 1 aliphatic carbocycles. The van der Waals surface area contributed by atoms with E-state index in [0.717, 1.165) is 6.07 Å². The van der Waals surface area contributed by atoms with Crippen LogP contribution in [0.3, 0.4) is 0 Å². The summed E-state index contributed by atoms with van der Waals surface area (Å²) in [6, 6.07) is 9.32. The molecule has 6 N–H and O–H groups in total. The van der Waals surface area contributed by atoms with Gasteiger partial charge in [0.05, 0.1) is 11.2 Å². The molecule has 1 aliphatic rings. The molecule has 0 unspecified atom stereocenters. The second-order valence-corrected chi connectivity index (χ2v) is 6.21. The van der Waals surface area contributed by atoms with E-state index in [1.807, 2.05) is 0 Å². The lowest BCUT2D eigenvalue weighted by molar-refractivity contribution is -0.137. The third kappa shape index (κ3) is 3.31. The number of benzene rings is 2. The molecule has 0 amide bonds. The van der Waals surface area contributed by atoms with Gasteiger partial charge in [-0.05, 0) is 29.3 Å².